The van der Waals surface area contributed by atoms with Crippen LogP contribution in [0.15, 0.2) is 22.6 Å². The average molecular weight is 379 g/mol. The van der Waals surface area contributed by atoms with E-state index in [0.717, 1.165) is 12.8 Å². The van der Waals surface area contributed by atoms with E-state index >= 15 is 0 Å². The quantitative estimate of drug-likeness (QED) is 0.796. The maximum Gasteiger partial charge on any atom is 0.375 e. The summed E-state index contributed by atoms with van der Waals surface area (Å²) in [7, 11) is 0. The van der Waals surface area contributed by atoms with Gasteiger partial charge < -0.3 is 19.8 Å². The number of amides is 2. The minimum atomic E-state index is -0.740. The van der Waals surface area contributed by atoms with Gasteiger partial charge in [-0.1, -0.05) is 11.6 Å². The summed E-state index contributed by atoms with van der Waals surface area (Å²) in [6.07, 6.45) is 2.28. The second kappa shape index (κ2) is 7.78. The molecule has 2 N–H and O–H groups in total. The van der Waals surface area contributed by atoms with E-state index in [1.807, 2.05) is 0 Å². The van der Waals surface area contributed by atoms with Gasteiger partial charge >= 0.3 is 5.97 Å². The average Bonchev–Trinajstić information content (AvgIpc) is 2.80. The van der Waals surface area contributed by atoms with Crippen LogP contribution in [0.3, 0.4) is 0 Å². The van der Waals surface area contributed by atoms with Gasteiger partial charge in [-0.15, -0.1) is 0 Å². The van der Waals surface area contributed by atoms with Crippen molar-refractivity contribution in [2.45, 2.75) is 32.2 Å². The lowest BCUT2D eigenvalue weighted by atomic mass is 10.1. The standard InChI is InChI=1S/C18H19ClN2O5/c1-10-12-8-11(19)5-6-14(12)26-16(10)18(24)25-9-15(22)21-13-4-2-3-7-20-17(13)23/h5-6,8,13H,2-4,7,9H2,1H3,(H,20,23)(H,21,22)/t13-/m0/s1. The second-order valence-electron chi connectivity index (χ2n) is 6.18. The molecule has 7 nitrogen and oxygen atoms in total. The van der Waals surface area contributed by atoms with Gasteiger partial charge in [-0.2, -0.15) is 0 Å². The van der Waals surface area contributed by atoms with Gasteiger partial charge in [-0.25, -0.2) is 4.79 Å². The molecule has 0 bridgehead atoms. The maximum atomic E-state index is 12.2. The van der Waals surface area contributed by atoms with Crippen LogP contribution in [0, 0.1) is 6.92 Å². The molecule has 1 aliphatic heterocycles. The van der Waals surface area contributed by atoms with Crippen LogP contribution in [0.5, 0.6) is 0 Å². The Morgan fingerprint density at radius 1 is 1.38 bits per heavy atom. The fourth-order valence-corrected chi connectivity index (χ4v) is 3.07. The van der Waals surface area contributed by atoms with Crippen LogP contribution in [0.2, 0.25) is 5.02 Å². The van der Waals surface area contributed by atoms with Crippen LogP contribution in [-0.2, 0) is 14.3 Å². The molecule has 1 atom stereocenters. The molecule has 0 saturated carbocycles. The molecule has 0 spiro atoms. The second-order valence-corrected chi connectivity index (χ2v) is 6.62. The zero-order valence-corrected chi connectivity index (χ0v) is 15.0. The number of carbonyl (C=O) groups is 3. The van der Waals surface area contributed by atoms with Gasteiger partial charge in [0.05, 0.1) is 0 Å². The lowest BCUT2D eigenvalue weighted by Gasteiger charge is -2.14. The summed E-state index contributed by atoms with van der Waals surface area (Å²) in [5, 5.41) is 6.56. The van der Waals surface area contributed by atoms with E-state index in [0.29, 0.717) is 34.5 Å². The highest BCUT2D eigenvalue weighted by Gasteiger charge is 2.24. The molecular formula is C18H19ClN2O5. The predicted octanol–water partition coefficient (Wildman–Crippen LogP) is 2.34. The Hall–Kier alpha value is -2.54. The van der Waals surface area contributed by atoms with Crippen LogP contribution < -0.4 is 10.6 Å². The fourth-order valence-electron chi connectivity index (χ4n) is 2.90. The third-order valence-corrected chi connectivity index (χ3v) is 4.52. The topological polar surface area (TPSA) is 97.6 Å². The van der Waals surface area contributed by atoms with Crippen LogP contribution in [0.4, 0.5) is 0 Å². The van der Waals surface area contributed by atoms with Crippen LogP contribution in [0.25, 0.3) is 11.0 Å². The van der Waals surface area contributed by atoms with Crippen LogP contribution >= 0.6 is 11.6 Å². The predicted molar refractivity (Wildman–Crippen MR) is 95.0 cm³/mol. The van der Waals surface area contributed by atoms with Crippen molar-refractivity contribution in [1.82, 2.24) is 10.6 Å². The summed E-state index contributed by atoms with van der Waals surface area (Å²) in [6.45, 7) is 1.84. The number of hydrogen-bond acceptors (Lipinski definition) is 5. The Morgan fingerprint density at radius 3 is 3.00 bits per heavy atom. The van der Waals surface area contributed by atoms with E-state index in [1.54, 1.807) is 25.1 Å². The molecule has 1 fully saturated rings. The van der Waals surface area contributed by atoms with E-state index in [1.165, 1.54) is 0 Å². The van der Waals surface area contributed by atoms with Crippen LogP contribution in [-0.4, -0.2) is 37.0 Å². The molecular weight excluding hydrogens is 360 g/mol. The van der Waals surface area contributed by atoms with E-state index < -0.39 is 24.5 Å². The molecule has 0 aliphatic carbocycles. The van der Waals surface area contributed by atoms with Gasteiger partial charge in [0.2, 0.25) is 11.7 Å². The normalized spacial score (nSPS) is 17.5. The summed E-state index contributed by atoms with van der Waals surface area (Å²) in [5.74, 6) is -1.46. The highest BCUT2D eigenvalue weighted by atomic mass is 35.5. The maximum absolute atomic E-state index is 12.2. The Bertz CT molecular complexity index is 861. The number of halogens is 1. The minimum Gasteiger partial charge on any atom is -0.450 e. The summed E-state index contributed by atoms with van der Waals surface area (Å²) in [4.78, 5) is 36.0. The van der Waals surface area contributed by atoms with Crippen molar-refractivity contribution >= 4 is 40.4 Å². The van der Waals surface area contributed by atoms with Crippen molar-refractivity contribution < 1.29 is 23.5 Å². The zero-order valence-electron chi connectivity index (χ0n) is 14.3. The van der Waals surface area contributed by atoms with Crippen molar-refractivity contribution in [3.63, 3.8) is 0 Å². The third-order valence-electron chi connectivity index (χ3n) is 4.29. The van der Waals surface area contributed by atoms with E-state index in [9.17, 15) is 14.4 Å². The molecule has 0 unspecified atom stereocenters. The molecule has 2 aromatic rings. The molecule has 138 valence electrons. The summed E-state index contributed by atoms with van der Waals surface area (Å²) in [5.41, 5.74) is 1.11. The first-order chi connectivity index (χ1) is 12.5. The molecule has 1 aromatic carbocycles. The van der Waals surface area contributed by atoms with Crippen molar-refractivity contribution in [2.24, 2.45) is 0 Å². The molecule has 3 rings (SSSR count). The van der Waals surface area contributed by atoms with Gasteiger partial charge in [0.25, 0.3) is 5.91 Å². The monoisotopic (exact) mass is 378 g/mol. The number of ether oxygens (including phenoxy) is 1. The molecule has 2 amide bonds. The van der Waals surface area contributed by atoms with Gasteiger partial charge in [0.15, 0.2) is 6.61 Å². The Labute approximate surface area is 155 Å². The van der Waals surface area contributed by atoms with E-state index in [4.69, 9.17) is 20.8 Å². The molecule has 0 radical (unpaired) electrons. The first-order valence-electron chi connectivity index (χ1n) is 8.38. The van der Waals surface area contributed by atoms with Gasteiger partial charge in [-0.3, -0.25) is 9.59 Å². The van der Waals surface area contributed by atoms with E-state index in [2.05, 4.69) is 10.6 Å². The fraction of sp³-hybridized carbons (Fsp3) is 0.389. The summed E-state index contributed by atoms with van der Waals surface area (Å²) < 4.78 is 10.5. The van der Waals surface area contributed by atoms with Crippen molar-refractivity contribution in [1.29, 1.82) is 0 Å². The molecule has 8 heteroatoms. The van der Waals surface area contributed by atoms with Gasteiger partial charge in [-0.05, 0) is 44.4 Å². The highest BCUT2D eigenvalue weighted by Crippen LogP contribution is 2.28. The largest absolute Gasteiger partial charge is 0.450 e. The molecule has 1 aromatic heterocycles. The first-order valence-corrected chi connectivity index (χ1v) is 8.76. The number of hydrogen-bond donors (Lipinski definition) is 2. The van der Waals surface area contributed by atoms with Gasteiger partial charge in [0.1, 0.15) is 11.6 Å². The van der Waals surface area contributed by atoms with Crippen molar-refractivity contribution in [3.8, 4) is 0 Å². The number of rotatable bonds is 4. The Balaban J connectivity index is 1.61. The minimum absolute atomic E-state index is 0.0299. The van der Waals surface area contributed by atoms with Crippen molar-refractivity contribution in [3.05, 3.63) is 34.5 Å². The number of aryl methyl sites for hydroxylation is 1. The number of fused-ring (bicyclic) bond motifs is 1. The SMILES string of the molecule is Cc1c(C(=O)OCC(=O)N[C@H]2CCCCNC2=O)oc2ccc(Cl)cc12. The number of benzene rings is 1. The molecule has 1 saturated heterocycles. The van der Waals surface area contributed by atoms with Crippen molar-refractivity contribution in [2.75, 3.05) is 13.2 Å². The summed E-state index contributed by atoms with van der Waals surface area (Å²) >= 11 is 5.95. The number of nitrogens with one attached hydrogen (secondary N) is 2. The summed E-state index contributed by atoms with van der Waals surface area (Å²) in [6, 6.07) is 4.43. The lowest BCUT2D eigenvalue weighted by molar-refractivity contribution is -0.130. The third kappa shape index (κ3) is 3.99. The molecule has 1 aliphatic rings. The highest BCUT2D eigenvalue weighted by molar-refractivity contribution is 6.31. The lowest BCUT2D eigenvalue weighted by Crippen LogP contribution is -2.46. The van der Waals surface area contributed by atoms with E-state index in [-0.39, 0.29) is 11.7 Å². The molecule has 26 heavy (non-hydrogen) atoms. The number of carbonyl (C=O) groups excluding carboxylic acids is 3. The number of esters is 1. The van der Waals surface area contributed by atoms with Crippen LogP contribution in [0.1, 0.15) is 35.4 Å². The molecule has 2 heterocycles. The van der Waals surface area contributed by atoms with Gasteiger partial charge in [0, 0.05) is 22.5 Å². The smallest absolute Gasteiger partial charge is 0.375 e. The number of furan rings is 1. The first kappa shape index (κ1) is 18.3. The Kier molecular flexibility index (Phi) is 5.46. The zero-order chi connectivity index (χ0) is 18.7. The Morgan fingerprint density at radius 2 is 2.19 bits per heavy atom.